The molecule has 6 rings (SSSR count). The fourth-order valence-electron chi connectivity index (χ4n) is 5.37. The van der Waals surface area contributed by atoms with Crippen molar-refractivity contribution >= 4 is 11.6 Å². The van der Waals surface area contributed by atoms with Crippen LogP contribution in [0.1, 0.15) is 29.5 Å². The van der Waals surface area contributed by atoms with Crippen molar-refractivity contribution in [2.75, 3.05) is 32.6 Å². The molecule has 1 saturated heterocycles. The van der Waals surface area contributed by atoms with Gasteiger partial charge < -0.3 is 19.2 Å². The summed E-state index contributed by atoms with van der Waals surface area (Å²) in [6, 6.07) is 20.4. The van der Waals surface area contributed by atoms with Crippen LogP contribution in [0, 0.1) is 5.92 Å². The Morgan fingerprint density at radius 2 is 1.77 bits per heavy atom. The lowest BCUT2D eigenvalue weighted by Gasteiger charge is -2.32. The van der Waals surface area contributed by atoms with Crippen LogP contribution < -0.4 is 14.8 Å². The van der Waals surface area contributed by atoms with Gasteiger partial charge in [-0.3, -0.25) is 4.90 Å². The molecule has 3 aromatic heterocycles. The predicted molar refractivity (Wildman–Crippen MR) is 154 cm³/mol. The van der Waals surface area contributed by atoms with Gasteiger partial charge in [0, 0.05) is 24.8 Å². The van der Waals surface area contributed by atoms with E-state index in [0.29, 0.717) is 35.6 Å². The number of nitrogens with one attached hydrogen (secondary N) is 1. The number of piperidine rings is 1. The van der Waals surface area contributed by atoms with E-state index in [-0.39, 0.29) is 0 Å². The molecule has 9 nitrogen and oxygen atoms in total. The third-order valence-electron chi connectivity index (χ3n) is 7.55. The molecule has 5 aromatic rings. The molecule has 0 spiro atoms. The molecule has 0 atom stereocenters. The van der Waals surface area contributed by atoms with Crippen molar-refractivity contribution in [1.29, 1.82) is 0 Å². The maximum atomic E-state index is 5.60. The van der Waals surface area contributed by atoms with Gasteiger partial charge in [-0.2, -0.15) is 4.52 Å². The first-order chi connectivity index (χ1) is 19.7. The summed E-state index contributed by atoms with van der Waals surface area (Å²) >= 11 is 0. The van der Waals surface area contributed by atoms with Crippen LogP contribution in [0.2, 0.25) is 0 Å². The van der Waals surface area contributed by atoms with E-state index in [0.717, 1.165) is 48.7 Å². The number of benzene rings is 2. The van der Waals surface area contributed by atoms with Gasteiger partial charge in [0.2, 0.25) is 11.8 Å². The highest BCUT2D eigenvalue weighted by molar-refractivity contribution is 5.58. The molecule has 206 valence electrons. The number of rotatable bonds is 10. The molecule has 1 fully saturated rings. The Bertz CT molecular complexity index is 1540. The van der Waals surface area contributed by atoms with Gasteiger partial charge in [-0.15, -0.1) is 5.10 Å². The van der Waals surface area contributed by atoms with Gasteiger partial charge in [-0.05, 0) is 73.7 Å². The number of likely N-dealkylation sites (tertiary alicyclic amines) is 1. The third kappa shape index (κ3) is 5.65. The van der Waals surface area contributed by atoms with E-state index in [9.17, 15) is 0 Å². The van der Waals surface area contributed by atoms with E-state index < -0.39 is 0 Å². The van der Waals surface area contributed by atoms with Crippen molar-refractivity contribution in [2.24, 2.45) is 5.92 Å². The van der Waals surface area contributed by atoms with Crippen LogP contribution >= 0.6 is 0 Å². The van der Waals surface area contributed by atoms with Crippen LogP contribution in [0.3, 0.4) is 0 Å². The summed E-state index contributed by atoms with van der Waals surface area (Å²) in [6.07, 6.45) is 7.08. The van der Waals surface area contributed by atoms with Crippen LogP contribution in [0.4, 0.5) is 5.95 Å². The Balaban J connectivity index is 1.20. The Morgan fingerprint density at radius 1 is 0.950 bits per heavy atom. The first-order valence-corrected chi connectivity index (χ1v) is 13.7. The van der Waals surface area contributed by atoms with Crippen molar-refractivity contribution in [3.05, 3.63) is 89.8 Å². The zero-order valence-electron chi connectivity index (χ0n) is 22.9. The van der Waals surface area contributed by atoms with Gasteiger partial charge >= 0.3 is 0 Å². The van der Waals surface area contributed by atoms with Crippen LogP contribution in [-0.2, 0) is 19.5 Å². The lowest BCUT2D eigenvalue weighted by atomic mass is 9.90. The maximum Gasteiger partial charge on any atom is 0.226 e. The second kappa shape index (κ2) is 11.8. The fourth-order valence-corrected chi connectivity index (χ4v) is 5.37. The number of hydrogen-bond donors (Lipinski definition) is 1. The van der Waals surface area contributed by atoms with Gasteiger partial charge in [0.05, 0.1) is 20.5 Å². The summed E-state index contributed by atoms with van der Waals surface area (Å²) in [5.41, 5.74) is 4.28. The highest BCUT2D eigenvalue weighted by atomic mass is 16.5. The molecule has 4 heterocycles. The quantitative estimate of drug-likeness (QED) is 0.250. The minimum Gasteiger partial charge on any atom is -0.493 e. The molecular formula is C31H34N6O3. The van der Waals surface area contributed by atoms with Crippen molar-refractivity contribution in [3.8, 4) is 23.1 Å². The third-order valence-corrected chi connectivity index (χ3v) is 7.55. The molecule has 0 bridgehead atoms. The van der Waals surface area contributed by atoms with E-state index in [1.54, 1.807) is 25.0 Å². The second-order valence-corrected chi connectivity index (χ2v) is 10.2. The SMILES string of the molecule is COc1ccc(CNc2ncc(CN3CCC(Cc4ccccc4)CC3)c3nc(-c4ccco4)nn23)cc1OC. The average Bonchev–Trinajstić information content (AvgIpc) is 3.69. The number of ether oxygens (including phenoxy) is 2. The van der Waals surface area contributed by atoms with Gasteiger partial charge in [0.15, 0.2) is 22.9 Å². The van der Waals surface area contributed by atoms with Gasteiger partial charge in [-0.25, -0.2) is 9.97 Å². The van der Waals surface area contributed by atoms with Gasteiger partial charge in [0.1, 0.15) is 0 Å². The molecule has 40 heavy (non-hydrogen) atoms. The molecule has 9 heteroatoms. The maximum absolute atomic E-state index is 5.60. The Hall–Kier alpha value is -4.37. The number of furan rings is 1. The molecule has 0 radical (unpaired) electrons. The van der Waals surface area contributed by atoms with Crippen LogP contribution in [0.5, 0.6) is 11.5 Å². The Morgan fingerprint density at radius 3 is 2.52 bits per heavy atom. The summed E-state index contributed by atoms with van der Waals surface area (Å²) in [7, 11) is 3.27. The predicted octanol–water partition coefficient (Wildman–Crippen LogP) is 5.47. The summed E-state index contributed by atoms with van der Waals surface area (Å²) in [4.78, 5) is 12.1. The van der Waals surface area contributed by atoms with E-state index in [1.165, 1.54) is 18.4 Å². The summed E-state index contributed by atoms with van der Waals surface area (Å²) in [6.45, 7) is 3.43. The Kier molecular flexibility index (Phi) is 7.63. The highest BCUT2D eigenvalue weighted by Crippen LogP contribution is 2.29. The van der Waals surface area contributed by atoms with Crippen LogP contribution in [-0.4, -0.2) is 51.8 Å². The van der Waals surface area contributed by atoms with Crippen molar-refractivity contribution in [3.63, 3.8) is 0 Å². The zero-order chi connectivity index (χ0) is 27.3. The number of anilines is 1. The first kappa shape index (κ1) is 25.9. The normalized spacial score (nSPS) is 14.4. The summed E-state index contributed by atoms with van der Waals surface area (Å²) < 4.78 is 18.2. The molecule has 0 unspecified atom stereocenters. The smallest absolute Gasteiger partial charge is 0.226 e. The number of methoxy groups -OCH3 is 2. The molecular weight excluding hydrogens is 504 g/mol. The number of fused-ring (bicyclic) bond motifs is 1. The molecule has 1 N–H and O–H groups in total. The van der Waals surface area contributed by atoms with Crippen LogP contribution in [0.25, 0.3) is 17.2 Å². The Labute approximate surface area is 233 Å². The standard InChI is InChI=1S/C31H34N6O3/c1-38-26-11-10-24(18-28(26)39-2)19-32-31-33-20-25(30-34-29(35-37(30)31)27-9-6-16-40-27)21-36-14-12-23(13-15-36)17-22-7-4-3-5-8-22/h3-11,16,18,20,23H,12-15,17,19,21H2,1-2H3,(H,32,33). The largest absolute Gasteiger partial charge is 0.493 e. The van der Waals surface area contributed by atoms with E-state index >= 15 is 0 Å². The van der Waals surface area contributed by atoms with Crippen molar-refractivity contribution < 1.29 is 13.9 Å². The van der Waals surface area contributed by atoms with Gasteiger partial charge in [-0.1, -0.05) is 36.4 Å². The van der Waals surface area contributed by atoms with E-state index in [1.807, 2.05) is 36.5 Å². The monoisotopic (exact) mass is 538 g/mol. The lowest BCUT2D eigenvalue weighted by Crippen LogP contribution is -2.34. The number of aromatic nitrogens is 4. The minimum atomic E-state index is 0.534. The number of nitrogens with zero attached hydrogens (tertiary/aromatic N) is 5. The lowest BCUT2D eigenvalue weighted by molar-refractivity contribution is 0.177. The van der Waals surface area contributed by atoms with E-state index in [2.05, 4.69) is 40.5 Å². The fraction of sp³-hybridized carbons (Fsp3) is 0.323. The molecule has 1 aliphatic rings. The van der Waals surface area contributed by atoms with Crippen molar-refractivity contribution in [2.45, 2.75) is 32.4 Å². The molecule has 0 aliphatic carbocycles. The zero-order valence-corrected chi connectivity index (χ0v) is 22.9. The minimum absolute atomic E-state index is 0.534. The van der Waals surface area contributed by atoms with Crippen molar-refractivity contribution in [1.82, 2.24) is 24.5 Å². The molecule has 1 aliphatic heterocycles. The topological polar surface area (TPSA) is 90.0 Å². The first-order valence-electron chi connectivity index (χ1n) is 13.7. The molecule has 2 aromatic carbocycles. The van der Waals surface area contributed by atoms with E-state index in [4.69, 9.17) is 29.0 Å². The van der Waals surface area contributed by atoms with Crippen LogP contribution in [0.15, 0.2) is 77.5 Å². The van der Waals surface area contributed by atoms with Gasteiger partial charge in [0.25, 0.3) is 0 Å². The molecule has 0 amide bonds. The summed E-state index contributed by atoms with van der Waals surface area (Å²) in [5, 5.41) is 8.18. The average molecular weight is 539 g/mol. The number of hydrogen-bond acceptors (Lipinski definition) is 8. The second-order valence-electron chi connectivity index (χ2n) is 10.2. The summed E-state index contributed by atoms with van der Waals surface area (Å²) in [5.74, 6) is 3.87. The highest BCUT2D eigenvalue weighted by Gasteiger charge is 2.22. The molecule has 0 saturated carbocycles.